The van der Waals surface area contributed by atoms with Crippen molar-refractivity contribution in [2.24, 2.45) is 0 Å². The van der Waals surface area contributed by atoms with Crippen LogP contribution in [0.25, 0.3) is 0 Å². The summed E-state index contributed by atoms with van der Waals surface area (Å²) in [6.45, 7) is 3.45. The molecule has 6 nitrogen and oxygen atoms in total. The summed E-state index contributed by atoms with van der Waals surface area (Å²) >= 11 is 0. The predicted molar refractivity (Wildman–Crippen MR) is 102 cm³/mol. The van der Waals surface area contributed by atoms with Crippen molar-refractivity contribution in [2.45, 2.75) is 63.0 Å². The minimum Gasteiger partial charge on any atom is -0.383 e. The van der Waals surface area contributed by atoms with Crippen LogP contribution in [0.15, 0.2) is 36.5 Å². The fraction of sp³-hybridized carbons (Fsp3) is 0.571. The molecule has 1 unspecified atom stereocenters. The van der Waals surface area contributed by atoms with E-state index in [-0.39, 0.29) is 17.9 Å². The summed E-state index contributed by atoms with van der Waals surface area (Å²) in [5.41, 5.74) is 0.978. The number of aromatic nitrogens is 3. The molecule has 1 aromatic carbocycles. The van der Waals surface area contributed by atoms with Crippen molar-refractivity contribution in [3.63, 3.8) is 0 Å². The van der Waals surface area contributed by atoms with Crippen LogP contribution in [-0.4, -0.2) is 44.0 Å². The fourth-order valence-corrected chi connectivity index (χ4v) is 4.39. The van der Waals surface area contributed by atoms with E-state index in [1.165, 1.54) is 0 Å². The van der Waals surface area contributed by atoms with E-state index in [1.54, 1.807) is 0 Å². The Labute approximate surface area is 160 Å². The molecule has 144 valence electrons. The van der Waals surface area contributed by atoms with Gasteiger partial charge in [0.2, 0.25) is 5.91 Å². The molecule has 2 aromatic rings. The van der Waals surface area contributed by atoms with Gasteiger partial charge in [0.1, 0.15) is 11.3 Å². The largest absolute Gasteiger partial charge is 0.383 e. The Kier molecular flexibility index (Phi) is 5.00. The van der Waals surface area contributed by atoms with E-state index in [1.807, 2.05) is 53.0 Å². The lowest BCUT2D eigenvalue weighted by molar-refractivity contribution is -0.133. The zero-order chi connectivity index (χ0) is 18.9. The third-order valence-electron chi connectivity index (χ3n) is 6.24. The maximum absolute atomic E-state index is 12.8. The number of benzene rings is 1. The van der Waals surface area contributed by atoms with E-state index in [2.05, 4.69) is 10.3 Å². The van der Waals surface area contributed by atoms with Crippen LogP contribution < -0.4 is 0 Å². The molecule has 27 heavy (non-hydrogen) atoms. The number of hydrogen-bond acceptors (Lipinski definition) is 4. The third-order valence-corrected chi connectivity index (χ3v) is 6.24. The Hall–Kier alpha value is -2.21. The van der Waals surface area contributed by atoms with Gasteiger partial charge in [-0.1, -0.05) is 48.4 Å². The van der Waals surface area contributed by atoms with Gasteiger partial charge in [-0.25, -0.2) is 4.68 Å². The van der Waals surface area contributed by atoms with Crippen LogP contribution in [-0.2, 0) is 10.4 Å². The summed E-state index contributed by atoms with van der Waals surface area (Å²) in [6, 6.07) is 10.2. The van der Waals surface area contributed by atoms with E-state index < -0.39 is 5.60 Å². The number of piperidine rings is 1. The SMILES string of the molecule is CC(C(=O)N1CCC(n2cc(C3(O)CCCC3)nn2)CC1)c1ccccc1. The van der Waals surface area contributed by atoms with Crippen molar-refractivity contribution in [2.75, 3.05) is 13.1 Å². The molecule has 0 spiro atoms. The molecular weight excluding hydrogens is 340 g/mol. The number of aliphatic hydroxyl groups is 1. The summed E-state index contributed by atoms with van der Waals surface area (Å²) in [4.78, 5) is 14.8. The first-order valence-corrected chi connectivity index (χ1v) is 10.1. The molecule has 2 aliphatic rings. The topological polar surface area (TPSA) is 71.2 Å². The first-order valence-electron chi connectivity index (χ1n) is 10.1. The van der Waals surface area contributed by atoms with Gasteiger partial charge < -0.3 is 10.0 Å². The maximum Gasteiger partial charge on any atom is 0.229 e. The minimum atomic E-state index is -0.792. The average Bonchev–Trinajstić information content (AvgIpc) is 3.38. The van der Waals surface area contributed by atoms with Crippen LogP contribution in [0.2, 0.25) is 0 Å². The molecule has 1 aliphatic heterocycles. The normalized spacial score (nSPS) is 21.3. The summed E-state index contributed by atoms with van der Waals surface area (Å²) in [5.74, 6) is 0.0801. The zero-order valence-corrected chi connectivity index (χ0v) is 15.9. The van der Waals surface area contributed by atoms with E-state index in [9.17, 15) is 9.90 Å². The first kappa shape index (κ1) is 18.2. The van der Waals surface area contributed by atoms with E-state index in [0.717, 1.165) is 57.2 Å². The molecule has 1 amide bonds. The monoisotopic (exact) mass is 368 g/mol. The minimum absolute atomic E-state index is 0.114. The van der Waals surface area contributed by atoms with E-state index >= 15 is 0 Å². The molecule has 2 heterocycles. The van der Waals surface area contributed by atoms with Crippen LogP contribution in [0.3, 0.4) is 0 Å². The van der Waals surface area contributed by atoms with Crippen LogP contribution in [0.1, 0.15) is 68.7 Å². The summed E-state index contributed by atoms with van der Waals surface area (Å²) in [7, 11) is 0. The number of hydrogen-bond donors (Lipinski definition) is 1. The van der Waals surface area contributed by atoms with Crippen molar-refractivity contribution < 1.29 is 9.90 Å². The Morgan fingerprint density at radius 2 is 1.85 bits per heavy atom. The van der Waals surface area contributed by atoms with Crippen LogP contribution >= 0.6 is 0 Å². The third kappa shape index (κ3) is 3.63. The van der Waals surface area contributed by atoms with Gasteiger partial charge in [-0.3, -0.25) is 4.79 Å². The second-order valence-corrected chi connectivity index (χ2v) is 8.01. The molecular formula is C21H28N4O2. The van der Waals surface area contributed by atoms with Crippen LogP contribution in [0.4, 0.5) is 0 Å². The standard InChI is InChI=1S/C21H28N4O2/c1-16(17-7-3-2-4-8-17)20(26)24-13-9-18(10-14-24)25-15-19(22-23-25)21(27)11-5-6-12-21/h2-4,7-8,15-16,18,27H,5-6,9-14H2,1H3. The quantitative estimate of drug-likeness (QED) is 0.900. The van der Waals surface area contributed by atoms with E-state index in [0.29, 0.717) is 5.69 Å². The van der Waals surface area contributed by atoms with Gasteiger partial charge >= 0.3 is 0 Å². The Morgan fingerprint density at radius 1 is 1.19 bits per heavy atom. The number of likely N-dealkylation sites (tertiary alicyclic amines) is 1. The van der Waals surface area contributed by atoms with Gasteiger partial charge in [0.25, 0.3) is 0 Å². The summed E-state index contributed by atoms with van der Waals surface area (Å²) in [6.07, 6.45) is 7.29. The molecule has 1 aromatic heterocycles. The molecule has 1 saturated heterocycles. The molecule has 0 bridgehead atoms. The van der Waals surface area contributed by atoms with Crippen molar-refractivity contribution in [1.29, 1.82) is 0 Å². The van der Waals surface area contributed by atoms with Crippen LogP contribution in [0, 0.1) is 0 Å². The molecule has 1 aliphatic carbocycles. The van der Waals surface area contributed by atoms with Gasteiger partial charge in [-0.15, -0.1) is 5.10 Å². The van der Waals surface area contributed by atoms with Gasteiger partial charge in [0.15, 0.2) is 0 Å². The van der Waals surface area contributed by atoms with Gasteiger partial charge in [0.05, 0.1) is 18.2 Å². The lowest BCUT2D eigenvalue weighted by atomic mass is 9.97. The summed E-state index contributed by atoms with van der Waals surface area (Å²) < 4.78 is 1.90. The Balaban J connectivity index is 1.36. The number of rotatable bonds is 4. The molecule has 1 N–H and O–H groups in total. The zero-order valence-electron chi connectivity index (χ0n) is 15.9. The average molecular weight is 368 g/mol. The first-order chi connectivity index (χ1) is 13.1. The molecule has 6 heteroatoms. The lowest BCUT2D eigenvalue weighted by Gasteiger charge is -2.33. The molecule has 1 saturated carbocycles. The second kappa shape index (κ2) is 7.43. The number of carbonyl (C=O) groups excluding carboxylic acids is 1. The van der Waals surface area contributed by atoms with E-state index in [4.69, 9.17) is 0 Å². The highest BCUT2D eigenvalue weighted by molar-refractivity contribution is 5.83. The van der Waals surface area contributed by atoms with Crippen molar-refractivity contribution >= 4 is 5.91 Å². The Morgan fingerprint density at radius 3 is 2.52 bits per heavy atom. The molecule has 4 rings (SSSR count). The molecule has 1 atom stereocenters. The van der Waals surface area contributed by atoms with Gasteiger partial charge in [-0.05, 0) is 38.2 Å². The Bertz CT molecular complexity index is 774. The number of nitrogens with zero attached hydrogens (tertiary/aromatic N) is 4. The summed E-state index contributed by atoms with van der Waals surface area (Å²) in [5, 5.41) is 19.2. The predicted octanol–water partition coefficient (Wildman–Crippen LogP) is 3.01. The second-order valence-electron chi connectivity index (χ2n) is 8.01. The van der Waals surface area contributed by atoms with Crippen molar-refractivity contribution in [3.8, 4) is 0 Å². The number of amides is 1. The lowest BCUT2D eigenvalue weighted by Crippen LogP contribution is -2.41. The van der Waals surface area contributed by atoms with Crippen molar-refractivity contribution in [1.82, 2.24) is 19.9 Å². The van der Waals surface area contributed by atoms with Gasteiger partial charge in [-0.2, -0.15) is 0 Å². The van der Waals surface area contributed by atoms with Crippen molar-refractivity contribution in [3.05, 3.63) is 47.8 Å². The number of carbonyl (C=O) groups is 1. The molecule has 2 fully saturated rings. The highest BCUT2D eigenvalue weighted by Gasteiger charge is 2.36. The maximum atomic E-state index is 12.8. The van der Waals surface area contributed by atoms with Crippen LogP contribution in [0.5, 0.6) is 0 Å². The highest BCUT2D eigenvalue weighted by Crippen LogP contribution is 2.37. The smallest absolute Gasteiger partial charge is 0.229 e. The highest BCUT2D eigenvalue weighted by atomic mass is 16.3. The fourth-order valence-electron chi connectivity index (χ4n) is 4.39. The van der Waals surface area contributed by atoms with Gasteiger partial charge in [0, 0.05) is 13.1 Å². The molecule has 0 radical (unpaired) electrons.